The number of methoxy groups -OCH3 is 1. The van der Waals surface area contributed by atoms with E-state index in [2.05, 4.69) is 26.1 Å². The van der Waals surface area contributed by atoms with Crippen molar-refractivity contribution in [3.05, 3.63) is 72.8 Å². The minimum absolute atomic E-state index is 0.235. The molecule has 4 rings (SSSR count). The highest BCUT2D eigenvalue weighted by Crippen LogP contribution is 2.35. The smallest absolute Gasteiger partial charge is 0.163 e. The number of nitrogens with zero attached hydrogens (tertiary/aromatic N) is 3. The second-order valence-electron chi connectivity index (χ2n) is 6.77. The summed E-state index contributed by atoms with van der Waals surface area (Å²) in [7, 11) is -1.22. The second-order valence-corrected chi connectivity index (χ2v) is 8.69. The van der Waals surface area contributed by atoms with Crippen LogP contribution in [-0.4, -0.2) is 32.1 Å². The van der Waals surface area contributed by atoms with Crippen molar-refractivity contribution in [2.75, 3.05) is 12.4 Å². The Hall–Kier alpha value is -3.69. The Labute approximate surface area is 180 Å². The normalized spacial score (nSPS) is 12.8. The van der Waals surface area contributed by atoms with Gasteiger partial charge in [0.25, 0.3) is 0 Å². The van der Waals surface area contributed by atoms with Gasteiger partial charge >= 0.3 is 0 Å². The van der Waals surface area contributed by atoms with Crippen LogP contribution < -0.4 is 19.9 Å². The fourth-order valence-electron chi connectivity index (χ4n) is 3.02. The molecule has 2 heterocycles. The van der Waals surface area contributed by atoms with Gasteiger partial charge in [0, 0.05) is 34.4 Å². The molecule has 1 atom stereocenters. The van der Waals surface area contributed by atoms with Crippen molar-refractivity contribution in [3.63, 3.8) is 0 Å². The summed E-state index contributed by atoms with van der Waals surface area (Å²) >= 11 is 0. The third-order valence-corrected chi connectivity index (χ3v) is 5.61. The summed E-state index contributed by atoms with van der Waals surface area (Å²) in [6, 6.07) is 14.4. The molecule has 0 saturated carbocycles. The standard InChI is InChI=1S/C22H21N5O3S/c1-29-20-11-18-19(25-14-26-22(18)27-16-6-8-24-9-7-16)12-21(20)30-13-15-4-3-5-17(10-15)31(2,23)28/h3-12,14H,2,13H2,1H3,(H2,23,28)(H,24,25,26,27). The van der Waals surface area contributed by atoms with Crippen molar-refractivity contribution in [1.82, 2.24) is 15.0 Å². The molecule has 0 fully saturated rings. The number of hydrogen-bond donors (Lipinski definition) is 2. The molecule has 0 aliphatic rings. The molecule has 0 radical (unpaired) electrons. The van der Waals surface area contributed by atoms with E-state index in [4.69, 9.17) is 14.6 Å². The van der Waals surface area contributed by atoms with Gasteiger partial charge in [-0.15, -0.1) is 0 Å². The molecule has 0 spiro atoms. The van der Waals surface area contributed by atoms with Crippen LogP contribution in [0.25, 0.3) is 10.9 Å². The largest absolute Gasteiger partial charge is 0.493 e. The zero-order valence-electron chi connectivity index (χ0n) is 16.8. The zero-order valence-corrected chi connectivity index (χ0v) is 17.6. The van der Waals surface area contributed by atoms with Gasteiger partial charge in [-0.05, 0) is 41.8 Å². The molecule has 8 nitrogen and oxygen atoms in total. The molecule has 4 aromatic rings. The van der Waals surface area contributed by atoms with Crippen molar-refractivity contribution in [2.24, 2.45) is 5.14 Å². The lowest BCUT2D eigenvalue weighted by atomic mass is 10.2. The number of aromatic nitrogens is 3. The van der Waals surface area contributed by atoms with Gasteiger partial charge in [0.2, 0.25) is 0 Å². The van der Waals surface area contributed by atoms with E-state index in [1.54, 1.807) is 43.8 Å². The number of rotatable bonds is 7. The molecule has 0 amide bonds. The number of hydrogen-bond acceptors (Lipinski definition) is 7. The first-order valence-corrected chi connectivity index (χ1v) is 11.1. The van der Waals surface area contributed by atoms with E-state index in [0.29, 0.717) is 27.7 Å². The third kappa shape index (κ3) is 4.73. The molecule has 2 aromatic carbocycles. The maximum atomic E-state index is 12.0. The summed E-state index contributed by atoms with van der Waals surface area (Å²) in [6.45, 7) is 0.235. The van der Waals surface area contributed by atoms with Gasteiger partial charge < -0.3 is 14.8 Å². The number of ether oxygens (including phenoxy) is 2. The lowest BCUT2D eigenvalue weighted by Gasteiger charge is -2.14. The lowest BCUT2D eigenvalue weighted by Crippen LogP contribution is -2.12. The van der Waals surface area contributed by atoms with Crippen molar-refractivity contribution < 1.29 is 13.7 Å². The Morgan fingerprint density at radius 1 is 1.10 bits per heavy atom. The average molecular weight is 436 g/mol. The van der Waals surface area contributed by atoms with Crippen molar-refractivity contribution in [3.8, 4) is 11.5 Å². The van der Waals surface area contributed by atoms with Crippen LogP contribution in [0.2, 0.25) is 0 Å². The predicted molar refractivity (Wildman–Crippen MR) is 122 cm³/mol. The quantitative estimate of drug-likeness (QED) is 0.428. The number of benzene rings is 2. The number of anilines is 2. The average Bonchev–Trinajstić information content (AvgIpc) is 2.77. The third-order valence-electron chi connectivity index (χ3n) is 4.56. The van der Waals surface area contributed by atoms with Crippen LogP contribution in [0.15, 0.2) is 72.1 Å². The van der Waals surface area contributed by atoms with E-state index in [-0.39, 0.29) is 6.61 Å². The van der Waals surface area contributed by atoms with Crippen LogP contribution in [0.5, 0.6) is 11.5 Å². The summed E-state index contributed by atoms with van der Waals surface area (Å²) in [4.78, 5) is 13.2. The SMILES string of the molecule is C=S(N)(=O)c1cccc(COc2cc3ncnc(Nc4ccncc4)c3cc2OC)c1. The van der Waals surface area contributed by atoms with E-state index < -0.39 is 9.71 Å². The van der Waals surface area contributed by atoms with Crippen LogP contribution in [0, 0.1) is 0 Å². The summed E-state index contributed by atoms with van der Waals surface area (Å²) in [5.41, 5.74) is 2.36. The molecular formula is C22H21N5O3S. The Balaban J connectivity index is 1.63. The van der Waals surface area contributed by atoms with Crippen molar-refractivity contribution >= 4 is 38.0 Å². The maximum Gasteiger partial charge on any atom is 0.163 e. The monoisotopic (exact) mass is 435 g/mol. The maximum absolute atomic E-state index is 12.0. The Kier molecular flexibility index (Phi) is 5.70. The highest BCUT2D eigenvalue weighted by molar-refractivity contribution is 7.98. The molecule has 9 heteroatoms. The van der Waals surface area contributed by atoms with E-state index in [1.165, 1.54) is 6.33 Å². The number of nitrogens with two attached hydrogens (primary N) is 1. The second kappa shape index (κ2) is 8.58. The minimum atomic E-state index is -2.79. The molecule has 1 unspecified atom stereocenters. The van der Waals surface area contributed by atoms with Crippen LogP contribution in [-0.2, 0) is 16.3 Å². The number of nitrogens with one attached hydrogen (secondary N) is 1. The first kappa shape index (κ1) is 20.6. The molecule has 0 bridgehead atoms. The van der Waals surface area contributed by atoms with Crippen LogP contribution in [0.1, 0.15) is 5.56 Å². The highest BCUT2D eigenvalue weighted by Gasteiger charge is 2.13. The fourth-order valence-corrected chi connectivity index (χ4v) is 3.68. The highest BCUT2D eigenvalue weighted by atomic mass is 32.2. The van der Waals surface area contributed by atoms with Gasteiger partial charge in [-0.3, -0.25) is 10.1 Å². The van der Waals surface area contributed by atoms with Crippen molar-refractivity contribution in [2.45, 2.75) is 11.5 Å². The fraction of sp³-hybridized carbons (Fsp3) is 0.0909. The molecule has 2 aromatic heterocycles. The van der Waals surface area contributed by atoms with Gasteiger partial charge in [0.15, 0.2) is 11.5 Å². The van der Waals surface area contributed by atoms with Crippen LogP contribution in [0.3, 0.4) is 0 Å². The Morgan fingerprint density at radius 2 is 1.90 bits per heavy atom. The summed E-state index contributed by atoms with van der Waals surface area (Å²) in [5, 5.41) is 9.69. The molecule has 0 saturated heterocycles. The topological polar surface area (TPSA) is 112 Å². The zero-order chi connectivity index (χ0) is 21.8. The molecule has 0 aliphatic heterocycles. The Morgan fingerprint density at radius 3 is 2.65 bits per heavy atom. The minimum Gasteiger partial charge on any atom is -0.493 e. The first-order chi connectivity index (χ1) is 14.9. The number of fused-ring (bicyclic) bond motifs is 1. The summed E-state index contributed by atoms with van der Waals surface area (Å²) < 4.78 is 23.5. The van der Waals surface area contributed by atoms with Gasteiger partial charge in [-0.2, -0.15) is 0 Å². The Bertz CT molecular complexity index is 1330. The van der Waals surface area contributed by atoms with Gasteiger partial charge in [0.1, 0.15) is 18.8 Å². The van der Waals surface area contributed by atoms with Crippen molar-refractivity contribution in [1.29, 1.82) is 0 Å². The lowest BCUT2D eigenvalue weighted by molar-refractivity contribution is 0.285. The van der Waals surface area contributed by atoms with Gasteiger partial charge in [0.05, 0.1) is 22.3 Å². The van der Waals surface area contributed by atoms with E-state index in [0.717, 1.165) is 16.6 Å². The summed E-state index contributed by atoms with van der Waals surface area (Å²) in [6.07, 6.45) is 4.88. The van der Waals surface area contributed by atoms with E-state index in [9.17, 15) is 4.21 Å². The first-order valence-electron chi connectivity index (χ1n) is 9.30. The van der Waals surface area contributed by atoms with Crippen LogP contribution in [0.4, 0.5) is 11.5 Å². The predicted octanol–water partition coefficient (Wildman–Crippen LogP) is 3.31. The number of pyridine rings is 1. The molecule has 3 N–H and O–H groups in total. The molecule has 31 heavy (non-hydrogen) atoms. The van der Waals surface area contributed by atoms with Crippen LogP contribution >= 0.6 is 0 Å². The molecule has 0 aliphatic carbocycles. The molecule has 158 valence electrons. The molecular weight excluding hydrogens is 414 g/mol. The van der Waals surface area contributed by atoms with Gasteiger partial charge in [-0.25, -0.2) is 14.2 Å². The van der Waals surface area contributed by atoms with E-state index in [1.807, 2.05) is 24.3 Å². The summed E-state index contributed by atoms with van der Waals surface area (Å²) in [5.74, 6) is 5.22. The van der Waals surface area contributed by atoms with E-state index >= 15 is 0 Å². The van der Waals surface area contributed by atoms with Gasteiger partial charge in [-0.1, -0.05) is 12.1 Å².